The third kappa shape index (κ3) is 7.95. The monoisotopic (exact) mass is 1120 g/mol. The van der Waals surface area contributed by atoms with E-state index in [1.165, 1.54) is 77.6 Å². The van der Waals surface area contributed by atoms with Gasteiger partial charge in [-0.15, -0.1) is 68.0 Å². The van der Waals surface area contributed by atoms with Crippen molar-refractivity contribution in [2.45, 2.75) is 153 Å². The molecule has 4 nitrogen and oxygen atoms in total. The molecule has 4 aliphatic rings. The second-order valence-electron chi connectivity index (χ2n) is 25.0. The minimum Gasteiger partial charge on any atom is -0.421 e. The van der Waals surface area contributed by atoms with Gasteiger partial charge >= 0.3 is 0 Å². The maximum absolute atomic E-state index is 3.24. The molecule has 0 saturated heterocycles. The van der Waals surface area contributed by atoms with Gasteiger partial charge in [0.05, 0.1) is 42.3 Å². The van der Waals surface area contributed by atoms with Crippen LogP contribution in [-0.2, 0) is 0 Å². The summed E-state index contributed by atoms with van der Waals surface area (Å²) in [5.74, 6) is 0. The summed E-state index contributed by atoms with van der Waals surface area (Å²) in [4.78, 5) is 15.0. The van der Waals surface area contributed by atoms with Crippen LogP contribution in [0, 0.1) is 0 Å². The van der Waals surface area contributed by atoms with Gasteiger partial charge in [-0.05, 0) is 95.5 Å². The lowest BCUT2D eigenvalue weighted by atomic mass is 10.2. The maximum atomic E-state index is 3.24. The summed E-state index contributed by atoms with van der Waals surface area (Å²) >= 11 is 12.4. The Balaban J connectivity index is 1.17. The molecule has 0 N–H and O–H groups in total. The molecule has 0 atom stereocenters. The van der Waals surface area contributed by atoms with Crippen LogP contribution in [-0.4, -0.2) is 65.9 Å². The average Bonchev–Trinajstić information content (AvgIpc) is 4.06. The first-order chi connectivity index (χ1) is 30.7. The lowest BCUT2D eigenvalue weighted by Crippen LogP contribution is -2.71. The fourth-order valence-electron chi connectivity index (χ4n) is 13.4. The molecule has 0 spiro atoms. The Labute approximate surface area is 430 Å². The fourth-order valence-corrected chi connectivity index (χ4v) is 77.4. The lowest BCUT2D eigenvalue weighted by Gasteiger charge is -2.60. The molecule has 0 unspecified atom stereocenters. The summed E-state index contributed by atoms with van der Waals surface area (Å²) in [6, 6.07) is 30.8. The van der Waals surface area contributed by atoms with Gasteiger partial charge in [0.2, 0.25) is 0 Å². The van der Waals surface area contributed by atoms with E-state index < -0.39 is 65.9 Å². The van der Waals surface area contributed by atoms with E-state index in [-0.39, 0.29) is 0 Å². The van der Waals surface area contributed by atoms with E-state index in [2.05, 4.69) is 226 Å². The highest BCUT2D eigenvalue weighted by Gasteiger charge is 2.56. The topological polar surface area (TPSA) is 13.0 Å². The van der Waals surface area contributed by atoms with Crippen molar-refractivity contribution >= 4 is 157 Å². The van der Waals surface area contributed by atoms with E-state index in [9.17, 15) is 0 Å². The molecule has 10 rings (SSSR count). The van der Waals surface area contributed by atoms with Crippen LogP contribution in [0.15, 0.2) is 59.3 Å². The number of thiophene rings is 6. The zero-order valence-electron chi connectivity index (χ0n) is 42.7. The van der Waals surface area contributed by atoms with Crippen molar-refractivity contribution < 1.29 is 0 Å². The minimum absolute atomic E-state index is 1.41. The molecule has 0 aliphatic carbocycles. The number of anilines is 4. The molecule has 0 fully saturated rings. The molecule has 4 aliphatic heterocycles. The molecule has 4 bridgehead atoms. The van der Waals surface area contributed by atoms with Crippen molar-refractivity contribution in [1.29, 1.82) is 0 Å². The predicted molar refractivity (Wildman–Crippen MR) is 329 cm³/mol. The second kappa shape index (κ2) is 16.3. The van der Waals surface area contributed by atoms with E-state index in [1.54, 1.807) is 42.3 Å². The molecule has 18 heteroatoms. The van der Waals surface area contributed by atoms with Crippen LogP contribution >= 0.6 is 68.0 Å². The van der Waals surface area contributed by atoms with Gasteiger partial charge in [0, 0.05) is 29.3 Å². The summed E-state index contributed by atoms with van der Waals surface area (Å²) in [5.41, 5.74) is 6.66. The van der Waals surface area contributed by atoms with Crippen molar-refractivity contribution in [2.24, 2.45) is 0 Å². The highest BCUT2D eigenvalue weighted by molar-refractivity contribution is 7.32. The second-order valence-corrected chi connectivity index (χ2v) is 69.5. The number of hydrogen-bond donors (Lipinski definition) is 0. The van der Waals surface area contributed by atoms with Gasteiger partial charge in [-0.25, -0.2) is 0 Å². The first-order valence-electron chi connectivity index (χ1n) is 24.5. The quantitative estimate of drug-likeness (QED) is 0.160. The molecule has 66 heavy (non-hydrogen) atoms. The Morgan fingerprint density at radius 2 is 0.515 bits per heavy atom. The molecule has 354 valence electrons. The smallest absolute Gasteiger partial charge is 0.141 e. The minimum atomic E-state index is -1.82. The van der Waals surface area contributed by atoms with Crippen LogP contribution in [0.3, 0.4) is 0 Å². The lowest BCUT2D eigenvalue weighted by molar-refractivity contribution is 1.10. The van der Waals surface area contributed by atoms with E-state index in [1.807, 2.05) is 22.7 Å². The Kier molecular flexibility index (Phi) is 12.1. The van der Waals surface area contributed by atoms with Crippen molar-refractivity contribution in [3.63, 3.8) is 0 Å². The van der Waals surface area contributed by atoms with E-state index in [0.29, 0.717) is 0 Å². The molecule has 0 saturated carbocycles. The molecular weight excluding hydrogens is 1050 g/mol. The SMILES string of the molecule is C[Si]1(C)CC[Si](C)(C)N2c3c(-c4ccc(-c5ccc(-c6sc(-c7cccs7)c7c6N6[Si](C)(C)CC[Si](C)(C)N7[Si](C)(C)CC[Si]6(C)C)s5)s4)sc(-c4cccs4)c3N1[Si](C)(C)CC[Si]2(C)C. The molecular formula is C48H74N4S6Si8. The zero-order valence-corrected chi connectivity index (χ0v) is 55.6. The molecule has 6 aromatic heterocycles. The van der Waals surface area contributed by atoms with Crippen molar-refractivity contribution in [2.75, 3.05) is 16.9 Å². The molecule has 0 amide bonds. The predicted octanol–water partition coefficient (Wildman–Crippen LogP) is 19.3. The van der Waals surface area contributed by atoms with Crippen LogP contribution in [0.2, 0.25) is 153 Å². The molecule has 0 aromatic carbocycles. The standard InChI is InChI=1S/C48H74N4S6Si8/c1-59(2)27-31-63(9,10)51-43-41(49(59)60(3,4)28-32-64(51,11)12)45(37-19-17-25-53-37)57-47(43)39-23-21-35(55-39)36-22-24-40(56-36)48-44-42(46(58-48)38-20-18-26-54-38)50-61(5,6)29-33-65(13,14)52(44)66(15,16)34-30-62(50,7)8/h17-26H,27-34H2,1-16H3. The van der Waals surface area contributed by atoms with Gasteiger partial charge in [0.1, 0.15) is 65.9 Å². The summed E-state index contributed by atoms with van der Waals surface area (Å²) < 4.78 is 12.9. The highest BCUT2D eigenvalue weighted by Crippen LogP contribution is 2.64. The first-order valence-corrected chi connectivity index (χ1v) is 54.8. The summed E-state index contributed by atoms with van der Waals surface area (Å²) in [6.45, 7) is 43.9. The van der Waals surface area contributed by atoms with Gasteiger partial charge in [-0.3, -0.25) is 0 Å². The first kappa shape index (κ1) is 48.7. The maximum Gasteiger partial charge on any atom is 0.141 e. The summed E-state index contributed by atoms with van der Waals surface area (Å²) in [5, 5.41) is 4.63. The van der Waals surface area contributed by atoms with Crippen LogP contribution in [0.25, 0.3) is 48.8 Å². The third-order valence-electron chi connectivity index (χ3n) is 16.2. The van der Waals surface area contributed by atoms with Crippen molar-refractivity contribution in [1.82, 2.24) is 0 Å². The summed E-state index contributed by atoms with van der Waals surface area (Å²) in [6.07, 6.45) is 0. The number of rotatable bonds is 5. The van der Waals surface area contributed by atoms with Gasteiger partial charge in [0.25, 0.3) is 0 Å². The van der Waals surface area contributed by atoms with Gasteiger partial charge in [-0.1, -0.05) is 117 Å². The van der Waals surface area contributed by atoms with Crippen LogP contribution < -0.4 is 16.9 Å². The summed E-state index contributed by atoms with van der Waals surface area (Å²) in [7, 11) is -14.4. The van der Waals surface area contributed by atoms with Gasteiger partial charge in [0.15, 0.2) is 0 Å². The molecule has 6 aromatic rings. The highest BCUT2D eigenvalue weighted by atomic mass is 32.1. The third-order valence-corrected chi connectivity index (χ3v) is 63.2. The molecule has 0 radical (unpaired) electrons. The zero-order chi connectivity index (χ0) is 47.4. The molecule has 10 heterocycles. The van der Waals surface area contributed by atoms with Crippen molar-refractivity contribution in [3.05, 3.63) is 59.3 Å². The van der Waals surface area contributed by atoms with Crippen LogP contribution in [0.4, 0.5) is 22.7 Å². The van der Waals surface area contributed by atoms with E-state index in [0.717, 1.165) is 0 Å². The Hall–Kier alpha value is -0.865. The van der Waals surface area contributed by atoms with Gasteiger partial charge in [-0.2, -0.15) is 0 Å². The Bertz CT molecular complexity index is 2540. The normalized spacial score (nSPS) is 23.2. The van der Waals surface area contributed by atoms with E-state index >= 15 is 0 Å². The fraction of sp³-hybridized carbons (Fsp3) is 0.500. The number of nitrogens with zero attached hydrogens (tertiary/aromatic N) is 4. The van der Waals surface area contributed by atoms with Crippen LogP contribution in [0.1, 0.15) is 0 Å². The van der Waals surface area contributed by atoms with Crippen LogP contribution in [0.5, 0.6) is 0 Å². The largest absolute Gasteiger partial charge is 0.421 e. The number of hydrogen-bond acceptors (Lipinski definition) is 10. The van der Waals surface area contributed by atoms with E-state index in [4.69, 9.17) is 0 Å². The van der Waals surface area contributed by atoms with Crippen molar-refractivity contribution in [3.8, 4) is 48.8 Å². The Morgan fingerprint density at radius 1 is 0.288 bits per heavy atom. The van der Waals surface area contributed by atoms with Gasteiger partial charge < -0.3 is 16.9 Å². The average molecular weight is 1120 g/mol. The Morgan fingerprint density at radius 3 is 0.742 bits per heavy atom.